The van der Waals surface area contributed by atoms with Gasteiger partial charge >= 0.3 is 0 Å². The van der Waals surface area contributed by atoms with Gasteiger partial charge in [0.15, 0.2) is 11.5 Å². The molecule has 0 spiro atoms. The van der Waals surface area contributed by atoms with Crippen LogP contribution in [0, 0.1) is 0 Å². The van der Waals surface area contributed by atoms with E-state index in [4.69, 9.17) is 9.47 Å². The number of ether oxygens (including phenoxy) is 2. The van der Waals surface area contributed by atoms with Gasteiger partial charge in [0.25, 0.3) is 0 Å². The maximum Gasteiger partial charge on any atom is 0.224 e. The normalized spacial score (nSPS) is 14.7. The molecule has 0 unspecified atom stereocenters. The predicted octanol–water partition coefficient (Wildman–Crippen LogP) is 1.89. The van der Waals surface area contributed by atoms with Gasteiger partial charge in [-0.3, -0.25) is 4.79 Å². The molecule has 0 saturated heterocycles. The highest BCUT2D eigenvalue weighted by Gasteiger charge is 2.35. The number of carbonyl (C=O) groups excluding carboxylic acids is 1. The molecule has 132 valence electrons. The topological polar surface area (TPSA) is 67.8 Å². The van der Waals surface area contributed by atoms with Crippen molar-refractivity contribution in [2.24, 2.45) is 0 Å². The first-order valence-corrected chi connectivity index (χ1v) is 8.30. The van der Waals surface area contributed by atoms with Crippen LogP contribution in [0.3, 0.4) is 0 Å². The van der Waals surface area contributed by atoms with Crippen LogP contribution in [0.25, 0.3) is 0 Å². The highest BCUT2D eigenvalue weighted by Crippen LogP contribution is 2.30. The lowest BCUT2D eigenvalue weighted by atomic mass is 10.0. The van der Waals surface area contributed by atoms with Gasteiger partial charge in [0, 0.05) is 19.4 Å². The summed E-state index contributed by atoms with van der Waals surface area (Å²) >= 11 is 0. The van der Waals surface area contributed by atoms with Crippen molar-refractivity contribution in [2.75, 3.05) is 20.8 Å². The number of rotatable bonds is 6. The Hall–Kier alpha value is -2.53. The predicted molar refractivity (Wildman–Crippen MR) is 95.1 cm³/mol. The van der Waals surface area contributed by atoms with Crippen LogP contribution < -0.4 is 14.8 Å². The van der Waals surface area contributed by atoms with Crippen molar-refractivity contribution in [1.29, 1.82) is 0 Å². The smallest absolute Gasteiger partial charge is 0.224 e. The summed E-state index contributed by atoms with van der Waals surface area (Å²) in [5, 5.41) is 13.6. The molecule has 0 radical (unpaired) electrons. The van der Waals surface area contributed by atoms with Gasteiger partial charge in [-0.25, -0.2) is 0 Å². The van der Waals surface area contributed by atoms with E-state index in [9.17, 15) is 9.90 Å². The average molecular weight is 341 g/mol. The van der Waals surface area contributed by atoms with E-state index in [0.29, 0.717) is 24.3 Å². The van der Waals surface area contributed by atoms with Crippen LogP contribution in [-0.2, 0) is 24.1 Å². The Morgan fingerprint density at radius 1 is 1.08 bits per heavy atom. The molecule has 2 N–H and O–H groups in total. The number of fused-ring (bicyclic) bond motifs is 1. The van der Waals surface area contributed by atoms with E-state index in [2.05, 4.69) is 5.32 Å². The summed E-state index contributed by atoms with van der Waals surface area (Å²) in [6, 6.07) is 13.4. The van der Waals surface area contributed by atoms with Crippen LogP contribution >= 0.6 is 0 Å². The first-order valence-electron chi connectivity index (χ1n) is 8.30. The number of aliphatic hydroxyl groups is 1. The van der Waals surface area contributed by atoms with Gasteiger partial charge in [0.2, 0.25) is 5.91 Å². The molecule has 2 aromatic carbocycles. The molecular weight excluding hydrogens is 318 g/mol. The van der Waals surface area contributed by atoms with Crippen LogP contribution in [0.5, 0.6) is 11.5 Å². The molecule has 5 heteroatoms. The number of hydrogen-bond donors (Lipinski definition) is 2. The number of hydrogen-bond acceptors (Lipinski definition) is 4. The van der Waals surface area contributed by atoms with E-state index in [1.165, 1.54) is 0 Å². The van der Waals surface area contributed by atoms with E-state index in [0.717, 1.165) is 16.7 Å². The van der Waals surface area contributed by atoms with Gasteiger partial charge in [-0.05, 0) is 28.8 Å². The van der Waals surface area contributed by atoms with Crippen molar-refractivity contribution >= 4 is 5.91 Å². The average Bonchev–Trinajstić information content (AvgIpc) is 2.96. The summed E-state index contributed by atoms with van der Waals surface area (Å²) in [6.45, 7) is 0.244. The first kappa shape index (κ1) is 17.3. The monoisotopic (exact) mass is 341 g/mol. The van der Waals surface area contributed by atoms with Gasteiger partial charge in [-0.15, -0.1) is 0 Å². The van der Waals surface area contributed by atoms with Gasteiger partial charge < -0.3 is 19.9 Å². The van der Waals surface area contributed by atoms with E-state index < -0.39 is 5.60 Å². The van der Waals surface area contributed by atoms with Gasteiger partial charge in [0.05, 0.1) is 26.2 Å². The molecule has 1 aliphatic rings. The summed E-state index contributed by atoms with van der Waals surface area (Å²) in [6.07, 6.45) is 1.36. The maximum absolute atomic E-state index is 12.2. The van der Waals surface area contributed by atoms with Crippen LogP contribution in [0.2, 0.25) is 0 Å². The molecule has 0 atom stereocenters. The third-order valence-corrected chi connectivity index (χ3v) is 4.58. The quantitative estimate of drug-likeness (QED) is 0.842. The fourth-order valence-corrected chi connectivity index (χ4v) is 3.30. The van der Waals surface area contributed by atoms with Gasteiger partial charge in [-0.1, -0.05) is 30.3 Å². The zero-order chi connectivity index (χ0) is 17.9. The molecule has 25 heavy (non-hydrogen) atoms. The van der Waals surface area contributed by atoms with Crippen LogP contribution in [0.4, 0.5) is 0 Å². The largest absolute Gasteiger partial charge is 0.493 e. The Balaban J connectivity index is 1.57. The Labute approximate surface area is 147 Å². The van der Waals surface area contributed by atoms with E-state index >= 15 is 0 Å². The summed E-state index contributed by atoms with van der Waals surface area (Å²) < 4.78 is 10.5. The molecule has 3 rings (SSSR count). The minimum Gasteiger partial charge on any atom is -0.493 e. The summed E-state index contributed by atoms with van der Waals surface area (Å²) in [5.74, 6) is 1.10. The van der Waals surface area contributed by atoms with Gasteiger partial charge in [-0.2, -0.15) is 0 Å². The second-order valence-electron chi connectivity index (χ2n) is 6.49. The Morgan fingerprint density at radius 2 is 1.72 bits per heavy atom. The zero-order valence-corrected chi connectivity index (χ0v) is 14.5. The van der Waals surface area contributed by atoms with Crippen molar-refractivity contribution in [3.63, 3.8) is 0 Å². The molecular formula is C20H23NO4. The van der Waals surface area contributed by atoms with E-state index in [1.807, 2.05) is 30.3 Å². The maximum atomic E-state index is 12.2. The highest BCUT2D eigenvalue weighted by atomic mass is 16.5. The van der Waals surface area contributed by atoms with Crippen molar-refractivity contribution < 1.29 is 19.4 Å². The van der Waals surface area contributed by atoms with Gasteiger partial charge in [0.1, 0.15) is 0 Å². The number of methoxy groups -OCH3 is 2. The van der Waals surface area contributed by atoms with Crippen molar-refractivity contribution in [1.82, 2.24) is 5.32 Å². The first-order chi connectivity index (χ1) is 12.0. The minimum absolute atomic E-state index is 0.128. The summed E-state index contributed by atoms with van der Waals surface area (Å²) in [5.41, 5.74) is 2.23. The second-order valence-corrected chi connectivity index (χ2v) is 6.49. The van der Waals surface area contributed by atoms with E-state index in [1.54, 1.807) is 26.4 Å². The lowest BCUT2D eigenvalue weighted by molar-refractivity contribution is -0.121. The van der Waals surface area contributed by atoms with Crippen LogP contribution in [0.1, 0.15) is 16.7 Å². The second kappa shape index (κ2) is 7.15. The molecule has 2 aromatic rings. The Kier molecular flexibility index (Phi) is 4.95. The lowest BCUT2D eigenvalue weighted by Crippen LogP contribution is -2.44. The van der Waals surface area contributed by atoms with E-state index in [-0.39, 0.29) is 18.9 Å². The van der Waals surface area contributed by atoms with Crippen molar-refractivity contribution in [3.05, 3.63) is 59.2 Å². The number of benzene rings is 2. The molecule has 1 amide bonds. The minimum atomic E-state index is -0.906. The molecule has 5 nitrogen and oxygen atoms in total. The zero-order valence-electron chi connectivity index (χ0n) is 14.5. The van der Waals surface area contributed by atoms with Crippen molar-refractivity contribution in [3.8, 4) is 11.5 Å². The Morgan fingerprint density at radius 3 is 2.32 bits per heavy atom. The fraction of sp³-hybridized carbons (Fsp3) is 0.350. The van der Waals surface area contributed by atoms with Crippen molar-refractivity contribution in [2.45, 2.75) is 24.9 Å². The molecule has 0 aromatic heterocycles. The molecule has 0 saturated carbocycles. The molecule has 0 bridgehead atoms. The summed E-state index contributed by atoms with van der Waals surface area (Å²) in [4.78, 5) is 12.2. The highest BCUT2D eigenvalue weighted by molar-refractivity contribution is 5.79. The molecule has 0 aliphatic heterocycles. The summed E-state index contributed by atoms with van der Waals surface area (Å²) in [7, 11) is 3.14. The number of nitrogens with one attached hydrogen (secondary N) is 1. The standard InChI is InChI=1S/C20H23NO4/c1-24-17-8-7-14(9-18(17)25-2)10-19(22)21-13-20(23)11-15-5-3-4-6-16(15)12-20/h3-9,23H,10-13H2,1-2H3,(H,21,22). The molecule has 0 heterocycles. The third-order valence-electron chi connectivity index (χ3n) is 4.58. The lowest BCUT2D eigenvalue weighted by Gasteiger charge is -2.22. The third kappa shape index (κ3) is 3.94. The SMILES string of the molecule is COc1ccc(CC(=O)NCC2(O)Cc3ccccc3C2)cc1OC. The number of carbonyl (C=O) groups is 1. The fourth-order valence-electron chi connectivity index (χ4n) is 3.30. The Bertz CT molecular complexity index is 747. The van der Waals surface area contributed by atoms with Crippen LogP contribution in [-0.4, -0.2) is 37.4 Å². The van der Waals surface area contributed by atoms with Crippen LogP contribution in [0.15, 0.2) is 42.5 Å². The molecule has 1 aliphatic carbocycles. The number of amides is 1. The molecule has 0 fully saturated rings.